The number of amides is 2. The van der Waals surface area contributed by atoms with Gasteiger partial charge in [0.05, 0.1) is 18.8 Å². The lowest BCUT2D eigenvalue weighted by Gasteiger charge is -2.25. The number of fused-ring (bicyclic) bond motifs is 2. The number of ether oxygens (including phenoxy) is 1. The van der Waals surface area contributed by atoms with Crippen molar-refractivity contribution in [1.82, 2.24) is 16.0 Å². The lowest BCUT2D eigenvalue weighted by atomic mass is 10.00. The molecular formula is C28H38FN3O4. The van der Waals surface area contributed by atoms with Crippen LogP contribution in [0.4, 0.5) is 4.39 Å². The van der Waals surface area contributed by atoms with Crippen molar-refractivity contribution < 1.29 is 23.8 Å². The van der Waals surface area contributed by atoms with Crippen LogP contribution in [0.15, 0.2) is 42.5 Å². The summed E-state index contributed by atoms with van der Waals surface area (Å²) < 4.78 is 20.0. The molecular weight excluding hydrogens is 461 g/mol. The molecule has 1 aliphatic heterocycles. The number of nitrogens with one attached hydrogen (secondary N) is 3. The molecule has 8 heteroatoms. The highest BCUT2D eigenvalue weighted by molar-refractivity contribution is 5.79. The van der Waals surface area contributed by atoms with Crippen molar-refractivity contribution in [2.75, 3.05) is 19.7 Å². The van der Waals surface area contributed by atoms with E-state index in [1.165, 1.54) is 17.7 Å². The van der Waals surface area contributed by atoms with Crippen LogP contribution in [0.3, 0.4) is 0 Å². The van der Waals surface area contributed by atoms with Crippen LogP contribution in [0.25, 0.3) is 0 Å². The first kappa shape index (κ1) is 27.6. The van der Waals surface area contributed by atoms with E-state index in [2.05, 4.69) is 35.0 Å². The zero-order valence-corrected chi connectivity index (χ0v) is 21.0. The van der Waals surface area contributed by atoms with Gasteiger partial charge in [0, 0.05) is 38.5 Å². The van der Waals surface area contributed by atoms with Crippen molar-refractivity contribution in [2.24, 2.45) is 0 Å². The summed E-state index contributed by atoms with van der Waals surface area (Å²) in [6.07, 6.45) is 2.62. The fourth-order valence-corrected chi connectivity index (χ4v) is 4.25. The fraction of sp³-hybridized carbons (Fsp3) is 0.500. The molecule has 0 aromatic heterocycles. The number of hydrogen-bond donors (Lipinski definition) is 4. The summed E-state index contributed by atoms with van der Waals surface area (Å²) in [6.45, 7) is 3.88. The lowest BCUT2D eigenvalue weighted by Crippen LogP contribution is -2.48. The molecule has 1 aliphatic rings. The summed E-state index contributed by atoms with van der Waals surface area (Å²) in [6, 6.07) is 12.1. The Hall–Kier alpha value is -2.97. The van der Waals surface area contributed by atoms with Crippen molar-refractivity contribution in [3.63, 3.8) is 0 Å². The Labute approximate surface area is 212 Å². The monoisotopic (exact) mass is 499 g/mol. The second-order valence-corrected chi connectivity index (χ2v) is 9.30. The van der Waals surface area contributed by atoms with Crippen LogP contribution in [0.5, 0.6) is 5.75 Å². The minimum Gasteiger partial charge on any atom is -0.493 e. The van der Waals surface area contributed by atoms with Gasteiger partial charge in [0.1, 0.15) is 11.6 Å². The molecule has 2 amide bonds. The molecule has 0 unspecified atom stereocenters. The summed E-state index contributed by atoms with van der Waals surface area (Å²) in [5.41, 5.74) is 2.99. The molecule has 7 nitrogen and oxygen atoms in total. The Morgan fingerprint density at radius 1 is 1.08 bits per heavy atom. The standard InChI is InChI=1S/C28H38FN3O4/c1-2-20-7-5-8-21(13-20)18-30-19-26(33)25-16-22-14-23(29)17-24(15-22)36-12-4-3-11-31-27(34)9-6-10-28(35)32-25/h5,7-8,13-15,17,25-26,30,33H,2-4,6,9-12,16,18-19H2,1H3,(H,31,34)(H,32,35)/t25-,26+/m0/s1. The Bertz CT molecular complexity index is 1000. The number of benzene rings is 2. The Kier molecular flexibility index (Phi) is 11.2. The minimum absolute atomic E-state index is 0.0883. The third-order valence-electron chi connectivity index (χ3n) is 6.25. The number of rotatable bonds is 6. The van der Waals surface area contributed by atoms with E-state index in [0.717, 1.165) is 24.8 Å². The number of halogens is 1. The zero-order chi connectivity index (χ0) is 25.8. The number of hydrogen-bond acceptors (Lipinski definition) is 5. The molecule has 2 bridgehead atoms. The quantitative estimate of drug-likeness (QED) is 0.490. The van der Waals surface area contributed by atoms with Gasteiger partial charge in [0.15, 0.2) is 0 Å². The maximum Gasteiger partial charge on any atom is 0.220 e. The maximum atomic E-state index is 14.3. The van der Waals surface area contributed by atoms with Crippen LogP contribution in [-0.2, 0) is 29.0 Å². The van der Waals surface area contributed by atoms with Crippen LogP contribution in [0.1, 0.15) is 55.7 Å². The van der Waals surface area contributed by atoms with Crippen LogP contribution < -0.4 is 20.7 Å². The van der Waals surface area contributed by atoms with E-state index in [1.54, 1.807) is 6.07 Å². The predicted molar refractivity (Wildman–Crippen MR) is 137 cm³/mol. The molecule has 2 atom stereocenters. The first-order valence-electron chi connectivity index (χ1n) is 12.9. The van der Waals surface area contributed by atoms with Gasteiger partial charge >= 0.3 is 0 Å². The summed E-state index contributed by atoms with van der Waals surface area (Å²) in [7, 11) is 0. The van der Waals surface area contributed by atoms with Gasteiger partial charge in [-0.1, -0.05) is 31.2 Å². The normalized spacial score (nSPS) is 18.9. The maximum absolute atomic E-state index is 14.3. The number of aliphatic hydroxyl groups is 1. The van der Waals surface area contributed by atoms with Gasteiger partial charge in [-0.25, -0.2) is 4.39 Å². The van der Waals surface area contributed by atoms with Crippen LogP contribution >= 0.6 is 0 Å². The fourth-order valence-electron chi connectivity index (χ4n) is 4.25. The molecule has 196 valence electrons. The van der Waals surface area contributed by atoms with E-state index < -0.39 is 18.0 Å². The van der Waals surface area contributed by atoms with E-state index in [9.17, 15) is 19.1 Å². The summed E-state index contributed by atoms with van der Waals surface area (Å²) >= 11 is 0. The van der Waals surface area contributed by atoms with Crippen LogP contribution in [-0.4, -0.2) is 48.8 Å². The topological polar surface area (TPSA) is 99.7 Å². The highest BCUT2D eigenvalue weighted by atomic mass is 19.1. The van der Waals surface area contributed by atoms with Crippen LogP contribution in [0.2, 0.25) is 0 Å². The van der Waals surface area contributed by atoms with Crippen molar-refractivity contribution in [1.29, 1.82) is 0 Å². The SMILES string of the molecule is CCc1cccc(CNC[C@@H](O)[C@@H]2Cc3cc(F)cc(c3)OCCCCNC(=O)CCCC(=O)N2)c1. The van der Waals surface area contributed by atoms with Gasteiger partial charge in [-0.05, 0) is 60.9 Å². The van der Waals surface area contributed by atoms with Crippen molar-refractivity contribution in [3.05, 3.63) is 65.0 Å². The van der Waals surface area contributed by atoms with E-state index in [-0.39, 0.29) is 37.6 Å². The van der Waals surface area contributed by atoms with Crippen molar-refractivity contribution in [3.8, 4) is 5.75 Å². The highest BCUT2D eigenvalue weighted by Crippen LogP contribution is 2.19. The molecule has 1 heterocycles. The predicted octanol–water partition coefficient (Wildman–Crippen LogP) is 3.03. The molecule has 36 heavy (non-hydrogen) atoms. The molecule has 0 spiro atoms. The Morgan fingerprint density at radius 3 is 2.72 bits per heavy atom. The van der Waals surface area contributed by atoms with E-state index >= 15 is 0 Å². The molecule has 0 saturated carbocycles. The van der Waals surface area contributed by atoms with Gasteiger partial charge in [-0.3, -0.25) is 9.59 Å². The van der Waals surface area contributed by atoms with Gasteiger partial charge in [-0.15, -0.1) is 0 Å². The molecule has 3 rings (SSSR count). The van der Waals surface area contributed by atoms with E-state index in [1.807, 2.05) is 12.1 Å². The first-order chi connectivity index (χ1) is 17.4. The van der Waals surface area contributed by atoms with Crippen LogP contribution in [0, 0.1) is 5.82 Å². The van der Waals surface area contributed by atoms with Gasteiger partial charge in [0.25, 0.3) is 0 Å². The number of aryl methyl sites for hydroxylation is 1. The second kappa shape index (κ2) is 14.6. The van der Waals surface area contributed by atoms with Gasteiger partial charge in [0.2, 0.25) is 11.8 Å². The lowest BCUT2D eigenvalue weighted by molar-refractivity contribution is -0.123. The number of carbonyl (C=O) groups excluding carboxylic acids is 2. The Morgan fingerprint density at radius 2 is 1.89 bits per heavy atom. The Balaban J connectivity index is 1.69. The molecule has 2 aromatic carbocycles. The molecule has 0 saturated heterocycles. The highest BCUT2D eigenvalue weighted by Gasteiger charge is 2.22. The minimum atomic E-state index is -0.902. The molecule has 0 fully saturated rings. The van der Waals surface area contributed by atoms with E-state index in [0.29, 0.717) is 37.4 Å². The zero-order valence-electron chi connectivity index (χ0n) is 21.0. The summed E-state index contributed by atoms with van der Waals surface area (Å²) in [5.74, 6) is -0.359. The third-order valence-corrected chi connectivity index (χ3v) is 6.25. The first-order valence-corrected chi connectivity index (χ1v) is 12.9. The summed E-state index contributed by atoms with van der Waals surface area (Å²) in [5, 5.41) is 20.0. The average Bonchev–Trinajstić information content (AvgIpc) is 2.85. The molecule has 4 N–H and O–H groups in total. The van der Waals surface area contributed by atoms with E-state index in [4.69, 9.17) is 4.74 Å². The van der Waals surface area contributed by atoms with Gasteiger partial charge in [-0.2, -0.15) is 0 Å². The molecule has 0 radical (unpaired) electrons. The van der Waals surface area contributed by atoms with Crippen molar-refractivity contribution in [2.45, 2.75) is 70.6 Å². The third kappa shape index (κ3) is 9.59. The number of carbonyl (C=O) groups is 2. The second-order valence-electron chi connectivity index (χ2n) is 9.30. The smallest absolute Gasteiger partial charge is 0.220 e. The largest absolute Gasteiger partial charge is 0.493 e. The molecule has 0 aliphatic carbocycles. The van der Waals surface area contributed by atoms with Gasteiger partial charge < -0.3 is 25.8 Å². The summed E-state index contributed by atoms with van der Waals surface area (Å²) in [4.78, 5) is 24.6. The van der Waals surface area contributed by atoms with Crippen molar-refractivity contribution >= 4 is 11.8 Å². The molecule has 2 aromatic rings. The average molecular weight is 500 g/mol. The number of aliphatic hydroxyl groups excluding tert-OH is 1.